The molecule has 0 fully saturated rings. The van der Waals surface area contributed by atoms with Crippen LogP contribution in [0.15, 0.2) is 24.3 Å². The van der Waals surface area contributed by atoms with Crippen molar-refractivity contribution < 1.29 is 17.9 Å². The molecule has 0 aromatic heterocycles. The first-order valence-corrected chi connectivity index (χ1v) is 5.16. The molecule has 1 rings (SSSR count). The number of benzene rings is 1. The average Bonchev–Trinajstić information content (AvgIpc) is 2.30. The van der Waals surface area contributed by atoms with Crippen molar-refractivity contribution in [2.75, 3.05) is 7.11 Å². The molecular formula is C12H17F3O. The lowest BCUT2D eigenvalue weighted by molar-refractivity contribution is -0.146. The maximum Gasteiger partial charge on any atom is 0.395 e. The molecule has 1 aromatic carbocycles. The van der Waals surface area contributed by atoms with Crippen molar-refractivity contribution in [3.63, 3.8) is 0 Å². The molecule has 0 aliphatic heterocycles. The van der Waals surface area contributed by atoms with Gasteiger partial charge in [0, 0.05) is 0 Å². The van der Waals surface area contributed by atoms with Gasteiger partial charge in [-0.15, -0.1) is 0 Å². The second-order valence-electron chi connectivity index (χ2n) is 3.04. The van der Waals surface area contributed by atoms with Crippen molar-refractivity contribution in [1.29, 1.82) is 0 Å². The second-order valence-corrected chi connectivity index (χ2v) is 3.04. The number of halogens is 3. The summed E-state index contributed by atoms with van der Waals surface area (Å²) >= 11 is 0. The Morgan fingerprint density at radius 1 is 1.06 bits per heavy atom. The van der Waals surface area contributed by atoms with E-state index in [-0.39, 0.29) is 5.56 Å². The Balaban J connectivity index is 0.00000106. The zero-order valence-electron chi connectivity index (χ0n) is 9.93. The third kappa shape index (κ3) is 4.13. The van der Waals surface area contributed by atoms with Gasteiger partial charge in [0.1, 0.15) is 5.75 Å². The van der Waals surface area contributed by atoms with Crippen LogP contribution < -0.4 is 4.74 Å². The molecule has 4 heteroatoms. The van der Waals surface area contributed by atoms with E-state index in [1.165, 1.54) is 31.4 Å². The van der Waals surface area contributed by atoms with Gasteiger partial charge >= 0.3 is 6.18 Å². The van der Waals surface area contributed by atoms with Gasteiger partial charge in [0.2, 0.25) is 0 Å². The summed E-state index contributed by atoms with van der Waals surface area (Å²) in [5, 5.41) is 0. The first kappa shape index (κ1) is 14.8. The Hall–Kier alpha value is -1.19. The molecule has 0 saturated carbocycles. The SMILES string of the molecule is CC.COc1ccc(C(C)C(F)(F)F)cc1. The normalized spacial score (nSPS) is 12.4. The minimum absolute atomic E-state index is 0.248. The molecule has 0 aliphatic rings. The smallest absolute Gasteiger partial charge is 0.395 e. The first-order valence-electron chi connectivity index (χ1n) is 5.16. The molecule has 0 heterocycles. The third-order valence-corrected chi connectivity index (χ3v) is 2.11. The fourth-order valence-electron chi connectivity index (χ4n) is 1.08. The third-order valence-electron chi connectivity index (χ3n) is 2.11. The summed E-state index contributed by atoms with van der Waals surface area (Å²) in [6.07, 6.45) is -4.19. The lowest BCUT2D eigenvalue weighted by Gasteiger charge is -2.15. The van der Waals surface area contributed by atoms with Crippen LogP contribution in [-0.4, -0.2) is 13.3 Å². The lowest BCUT2D eigenvalue weighted by atomic mass is 10.0. The van der Waals surface area contributed by atoms with Crippen LogP contribution in [0, 0.1) is 0 Å². The zero-order chi connectivity index (χ0) is 12.8. The van der Waals surface area contributed by atoms with Crippen molar-refractivity contribution in [2.45, 2.75) is 32.9 Å². The molecule has 0 spiro atoms. The molecule has 0 saturated heterocycles. The van der Waals surface area contributed by atoms with Crippen LogP contribution in [0.25, 0.3) is 0 Å². The van der Waals surface area contributed by atoms with Gasteiger partial charge in [0.15, 0.2) is 0 Å². The molecule has 16 heavy (non-hydrogen) atoms. The number of methoxy groups -OCH3 is 1. The van der Waals surface area contributed by atoms with Gasteiger partial charge in [0.25, 0.3) is 0 Å². The average molecular weight is 234 g/mol. The monoisotopic (exact) mass is 234 g/mol. The highest BCUT2D eigenvalue weighted by molar-refractivity contribution is 5.29. The minimum Gasteiger partial charge on any atom is -0.497 e. The molecule has 0 N–H and O–H groups in total. The van der Waals surface area contributed by atoms with Crippen molar-refractivity contribution in [3.8, 4) is 5.75 Å². The molecular weight excluding hydrogens is 217 g/mol. The predicted molar refractivity (Wildman–Crippen MR) is 58.8 cm³/mol. The Morgan fingerprint density at radius 3 is 1.81 bits per heavy atom. The quantitative estimate of drug-likeness (QED) is 0.737. The highest BCUT2D eigenvalue weighted by Gasteiger charge is 2.36. The largest absolute Gasteiger partial charge is 0.497 e. The molecule has 0 aliphatic carbocycles. The Morgan fingerprint density at radius 2 is 1.50 bits per heavy atom. The summed E-state index contributed by atoms with van der Waals surface area (Å²) in [6, 6.07) is 5.91. The maximum atomic E-state index is 12.3. The van der Waals surface area contributed by atoms with E-state index >= 15 is 0 Å². The van der Waals surface area contributed by atoms with Gasteiger partial charge in [-0.2, -0.15) is 13.2 Å². The van der Waals surface area contributed by atoms with Crippen LogP contribution in [0.4, 0.5) is 13.2 Å². The summed E-state index contributed by atoms with van der Waals surface area (Å²) < 4.78 is 41.7. The number of rotatable bonds is 2. The molecule has 0 radical (unpaired) electrons. The zero-order valence-corrected chi connectivity index (χ0v) is 9.93. The van der Waals surface area contributed by atoms with E-state index in [0.29, 0.717) is 5.75 Å². The van der Waals surface area contributed by atoms with E-state index in [9.17, 15) is 13.2 Å². The van der Waals surface area contributed by atoms with E-state index < -0.39 is 12.1 Å². The van der Waals surface area contributed by atoms with E-state index in [0.717, 1.165) is 6.92 Å². The van der Waals surface area contributed by atoms with Crippen LogP contribution in [0.3, 0.4) is 0 Å². The number of ether oxygens (including phenoxy) is 1. The summed E-state index contributed by atoms with van der Waals surface area (Å²) in [7, 11) is 1.47. The highest BCUT2D eigenvalue weighted by atomic mass is 19.4. The molecule has 1 aromatic rings. The van der Waals surface area contributed by atoms with Crippen LogP contribution in [0.2, 0.25) is 0 Å². The highest BCUT2D eigenvalue weighted by Crippen LogP contribution is 2.34. The summed E-state index contributed by atoms with van der Waals surface area (Å²) in [6.45, 7) is 5.14. The topological polar surface area (TPSA) is 9.23 Å². The van der Waals surface area contributed by atoms with Crippen LogP contribution in [0.1, 0.15) is 32.3 Å². The van der Waals surface area contributed by atoms with Gasteiger partial charge in [-0.1, -0.05) is 26.0 Å². The molecule has 0 amide bonds. The van der Waals surface area contributed by atoms with E-state index in [1.54, 1.807) is 0 Å². The fourth-order valence-corrected chi connectivity index (χ4v) is 1.08. The van der Waals surface area contributed by atoms with Gasteiger partial charge in [-0.05, 0) is 24.6 Å². The Kier molecular flexibility index (Phi) is 5.93. The van der Waals surface area contributed by atoms with Crippen LogP contribution in [0.5, 0.6) is 5.75 Å². The van der Waals surface area contributed by atoms with Crippen molar-refractivity contribution in [3.05, 3.63) is 29.8 Å². The lowest BCUT2D eigenvalue weighted by Crippen LogP contribution is -2.17. The van der Waals surface area contributed by atoms with Gasteiger partial charge in [-0.3, -0.25) is 0 Å². The van der Waals surface area contributed by atoms with Gasteiger partial charge in [-0.25, -0.2) is 0 Å². The molecule has 1 unspecified atom stereocenters. The number of hydrogen-bond acceptors (Lipinski definition) is 1. The summed E-state index contributed by atoms with van der Waals surface area (Å²) in [4.78, 5) is 0. The van der Waals surface area contributed by atoms with Crippen molar-refractivity contribution in [2.24, 2.45) is 0 Å². The predicted octanol–water partition coefficient (Wildman–Crippen LogP) is 4.39. The van der Waals surface area contributed by atoms with Gasteiger partial charge < -0.3 is 4.74 Å². The number of hydrogen-bond donors (Lipinski definition) is 0. The standard InChI is InChI=1S/C10H11F3O.C2H6/c1-7(10(11,12)13)8-3-5-9(14-2)6-4-8;1-2/h3-7H,1-2H3;1-2H3. The van der Waals surface area contributed by atoms with E-state index in [2.05, 4.69) is 0 Å². The second kappa shape index (κ2) is 6.40. The molecule has 92 valence electrons. The molecule has 0 bridgehead atoms. The van der Waals surface area contributed by atoms with Crippen molar-refractivity contribution >= 4 is 0 Å². The van der Waals surface area contributed by atoms with E-state index in [1.807, 2.05) is 13.8 Å². The fraction of sp³-hybridized carbons (Fsp3) is 0.500. The molecule has 1 atom stereocenters. The molecule has 1 nitrogen and oxygen atoms in total. The Bertz CT molecular complexity index is 290. The van der Waals surface area contributed by atoms with Crippen LogP contribution >= 0.6 is 0 Å². The van der Waals surface area contributed by atoms with Gasteiger partial charge in [0.05, 0.1) is 13.0 Å². The van der Waals surface area contributed by atoms with Crippen molar-refractivity contribution in [1.82, 2.24) is 0 Å². The maximum absolute atomic E-state index is 12.3. The first-order chi connectivity index (χ1) is 7.45. The van der Waals surface area contributed by atoms with E-state index in [4.69, 9.17) is 4.74 Å². The minimum atomic E-state index is -4.19. The summed E-state index contributed by atoms with van der Waals surface area (Å²) in [5.74, 6) is -0.878. The number of alkyl halides is 3. The Labute approximate surface area is 94.2 Å². The summed E-state index contributed by atoms with van der Waals surface area (Å²) in [5.41, 5.74) is 0.248. The van der Waals surface area contributed by atoms with Crippen LogP contribution in [-0.2, 0) is 0 Å².